The monoisotopic (exact) mass is 280 g/mol. The van der Waals surface area contributed by atoms with Crippen molar-refractivity contribution < 1.29 is 13.5 Å². The minimum Gasteiger partial charge on any atom is -0.491 e. The van der Waals surface area contributed by atoms with E-state index in [1.165, 1.54) is 13.2 Å². The van der Waals surface area contributed by atoms with E-state index in [0.29, 0.717) is 18.2 Å². The second kappa shape index (κ2) is 5.66. The average molecular weight is 280 g/mol. The van der Waals surface area contributed by atoms with Gasteiger partial charge < -0.3 is 9.64 Å². The number of nitrogens with zero attached hydrogens (tertiary/aromatic N) is 2. The van der Waals surface area contributed by atoms with Crippen LogP contribution in [-0.2, 0) is 0 Å². The highest BCUT2D eigenvalue weighted by Crippen LogP contribution is 2.40. The van der Waals surface area contributed by atoms with Crippen LogP contribution in [-0.4, -0.2) is 19.7 Å². The van der Waals surface area contributed by atoms with Crippen LogP contribution in [0, 0.1) is 34.8 Å². The smallest absolute Gasteiger partial charge is 0.202 e. The van der Waals surface area contributed by atoms with E-state index in [1.807, 2.05) is 4.90 Å². The van der Waals surface area contributed by atoms with Crippen LogP contribution >= 0.6 is 0 Å². The molecule has 1 saturated heterocycles. The maximum atomic E-state index is 13.8. The summed E-state index contributed by atoms with van der Waals surface area (Å²) in [6.45, 7) is 4.78. The second-order valence-corrected chi connectivity index (χ2v) is 5.38. The third-order valence-electron chi connectivity index (χ3n) is 3.98. The van der Waals surface area contributed by atoms with Gasteiger partial charge in [0.05, 0.1) is 18.9 Å². The molecule has 0 radical (unpaired) electrons. The summed E-state index contributed by atoms with van der Waals surface area (Å²) in [7, 11) is 1.30. The Labute approximate surface area is 117 Å². The van der Waals surface area contributed by atoms with Crippen molar-refractivity contribution in [1.29, 1.82) is 5.26 Å². The van der Waals surface area contributed by atoms with Gasteiger partial charge >= 0.3 is 0 Å². The van der Waals surface area contributed by atoms with Crippen LogP contribution in [0.15, 0.2) is 12.1 Å². The fourth-order valence-electron chi connectivity index (χ4n) is 2.89. The zero-order valence-electron chi connectivity index (χ0n) is 11.9. The van der Waals surface area contributed by atoms with Crippen LogP contribution in [0.3, 0.4) is 0 Å². The van der Waals surface area contributed by atoms with Gasteiger partial charge in [0.1, 0.15) is 6.04 Å². The minimum atomic E-state index is -1.00. The molecule has 0 amide bonds. The maximum absolute atomic E-state index is 13.8. The van der Waals surface area contributed by atoms with Crippen LogP contribution < -0.4 is 9.64 Å². The summed E-state index contributed by atoms with van der Waals surface area (Å²) >= 11 is 0. The summed E-state index contributed by atoms with van der Waals surface area (Å²) in [6.07, 6.45) is 0.859. The zero-order chi connectivity index (χ0) is 14.9. The topological polar surface area (TPSA) is 36.3 Å². The van der Waals surface area contributed by atoms with Crippen LogP contribution in [0.5, 0.6) is 5.75 Å². The first-order valence-corrected chi connectivity index (χ1v) is 6.69. The molecular formula is C15H18F2N2O. The van der Waals surface area contributed by atoms with Crippen molar-refractivity contribution in [2.45, 2.75) is 26.3 Å². The normalized spacial score (nSPS) is 22.1. The summed E-state index contributed by atoms with van der Waals surface area (Å²) in [6, 6.07) is 4.49. The van der Waals surface area contributed by atoms with Gasteiger partial charge in [-0.05, 0) is 30.4 Å². The fraction of sp³-hybridized carbons (Fsp3) is 0.533. The lowest BCUT2D eigenvalue weighted by Gasteiger charge is -2.27. The van der Waals surface area contributed by atoms with Crippen molar-refractivity contribution in [3.8, 4) is 11.8 Å². The number of rotatable bonds is 3. The highest BCUT2D eigenvalue weighted by Gasteiger charge is 2.37. The molecule has 2 atom stereocenters. The molecule has 0 spiro atoms. The average Bonchev–Trinajstić information content (AvgIpc) is 2.85. The molecule has 1 aliphatic heterocycles. The first-order chi connectivity index (χ1) is 9.51. The quantitative estimate of drug-likeness (QED) is 0.852. The maximum Gasteiger partial charge on any atom is 0.202 e. The highest BCUT2D eigenvalue weighted by atomic mass is 19.2. The van der Waals surface area contributed by atoms with Crippen molar-refractivity contribution in [2.75, 3.05) is 18.6 Å². The Morgan fingerprint density at radius 2 is 2.10 bits per heavy atom. The van der Waals surface area contributed by atoms with E-state index in [2.05, 4.69) is 19.9 Å². The fourth-order valence-corrected chi connectivity index (χ4v) is 2.89. The Bertz CT molecular complexity index is 539. The SMILES string of the molecule is COc1c(N2CCC(C(C)C)C2C#N)ccc(F)c1F. The van der Waals surface area contributed by atoms with E-state index >= 15 is 0 Å². The minimum absolute atomic E-state index is 0.130. The van der Waals surface area contributed by atoms with Crippen LogP contribution in [0.4, 0.5) is 14.5 Å². The predicted molar refractivity (Wildman–Crippen MR) is 72.6 cm³/mol. The molecule has 3 nitrogen and oxygen atoms in total. The molecule has 0 saturated carbocycles. The molecular weight excluding hydrogens is 262 g/mol. The predicted octanol–water partition coefficient (Wildman–Crippen LogP) is 3.35. The van der Waals surface area contributed by atoms with Gasteiger partial charge in [-0.15, -0.1) is 0 Å². The van der Waals surface area contributed by atoms with Crippen LogP contribution in [0.2, 0.25) is 0 Å². The Kier molecular flexibility index (Phi) is 4.12. The lowest BCUT2D eigenvalue weighted by molar-refractivity contribution is 0.368. The summed E-state index contributed by atoms with van der Waals surface area (Å²) in [5, 5.41) is 9.40. The Morgan fingerprint density at radius 1 is 1.40 bits per heavy atom. The molecule has 1 aromatic rings. The summed E-state index contributed by atoms with van der Waals surface area (Å²) in [5.41, 5.74) is 0.445. The number of methoxy groups -OCH3 is 1. The molecule has 1 aromatic carbocycles. The molecule has 20 heavy (non-hydrogen) atoms. The zero-order valence-corrected chi connectivity index (χ0v) is 11.9. The molecule has 1 fully saturated rings. The molecule has 0 aliphatic carbocycles. The van der Waals surface area contributed by atoms with E-state index in [-0.39, 0.29) is 17.7 Å². The van der Waals surface area contributed by atoms with E-state index in [0.717, 1.165) is 12.5 Å². The Balaban J connectivity index is 2.42. The summed E-state index contributed by atoms with van der Waals surface area (Å²) in [5.74, 6) is -1.50. The summed E-state index contributed by atoms with van der Waals surface area (Å²) < 4.78 is 32.1. The molecule has 0 N–H and O–H groups in total. The first kappa shape index (κ1) is 14.6. The van der Waals surface area contributed by atoms with Crippen LogP contribution in [0.1, 0.15) is 20.3 Å². The van der Waals surface area contributed by atoms with Crippen molar-refractivity contribution in [1.82, 2.24) is 0 Å². The van der Waals surface area contributed by atoms with Crippen LogP contribution in [0.25, 0.3) is 0 Å². The van der Waals surface area contributed by atoms with Gasteiger partial charge in [-0.2, -0.15) is 9.65 Å². The lowest BCUT2D eigenvalue weighted by atomic mass is 9.89. The van der Waals surface area contributed by atoms with E-state index < -0.39 is 11.6 Å². The molecule has 1 aliphatic rings. The number of anilines is 1. The Morgan fingerprint density at radius 3 is 2.65 bits per heavy atom. The van der Waals surface area contributed by atoms with Gasteiger partial charge in [-0.1, -0.05) is 13.8 Å². The van der Waals surface area contributed by atoms with Crippen molar-refractivity contribution in [3.05, 3.63) is 23.8 Å². The van der Waals surface area contributed by atoms with Gasteiger partial charge in [0.2, 0.25) is 5.82 Å². The van der Waals surface area contributed by atoms with E-state index in [9.17, 15) is 14.0 Å². The highest BCUT2D eigenvalue weighted by molar-refractivity contribution is 5.61. The van der Waals surface area contributed by atoms with Gasteiger partial charge in [-0.3, -0.25) is 0 Å². The number of benzene rings is 1. The molecule has 5 heteroatoms. The molecule has 2 rings (SSSR count). The summed E-state index contributed by atoms with van der Waals surface area (Å²) in [4.78, 5) is 1.81. The molecule has 1 heterocycles. The van der Waals surface area contributed by atoms with Gasteiger partial charge in [0, 0.05) is 6.54 Å². The first-order valence-electron chi connectivity index (χ1n) is 6.69. The molecule has 108 valence electrons. The van der Waals surface area contributed by atoms with Gasteiger partial charge in [-0.25, -0.2) is 4.39 Å². The lowest BCUT2D eigenvalue weighted by Crippen LogP contribution is -2.33. The number of hydrogen-bond acceptors (Lipinski definition) is 3. The second-order valence-electron chi connectivity index (χ2n) is 5.38. The molecule has 0 bridgehead atoms. The Hall–Kier alpha value is -1.83. The van der Waals surface area contributed by atoms with Crippen molar-refractivity contribution in [3.63, 3.8) is 0 Å². The standard InChI is InChI=1S/C15H18F2N2O/c1-9(2)10-6-7-19(13(10)8-18)12-5-4-11(16)14(17)15(12)20-3/h4-5,9-10,13H,6-7H2,1-3H3. The largest absolute Gasteiger partial charge is 0.491 e. The third-order valence-corrected chi connectivity index (χ3v) is 3.98. The third kappa shape index (κ3) is 2.31. The number of halogens is 2. The molecule has 0 aromatic heterocycles. The molecule has 2 unspecified atom stereocenters. The van der Waals surface area contributed by atoms with E-state index in [1.54, 1.807) is 0 Å². The van der Waals surface area contributed by atoms with E-state index in [4.69, 9.17) is 4.74 Å². The van der Waals surface area contributed by atoms with Crippen molar-refractivity contribution >= 4 is 5.69 Å². The number of hydrogen-bond donors (Lipinski definition) is 0. The van der Waals surface area contributed by atoms with Gasteiger partial charge in [0.15, 0.2) is 11.6 Å². The van der Waals surface area contributed by atoms with Crippen molar-refractivity contribution in [2.24, 2.45) is 11.8 Å². The number of ether oxygens (including phenoxy) is 1. The van der Waals surface area contributed by atoms with Gasteiger partial charge in [0.25, 0.3) is 0 Å². The number of nitriles is 1.